The van der Waals surface area contributed by atoms with Crippen LogP contribution in [0.3, 0.4) is 0 Å². The maximum Gasteiger partial charge on any atom is 0.261 e. The molecule has 0 atom stereocenters. The highest BCUT2D eigenvalue weighted by Gasteiger charge is 2.13. The van der Waals surface area contributed by atoms with Gasteiger partial charge in [0, 0.05) is 11.3 Å². The number of sulfonamides is 1. The Bertz CT molecular complexity index is 720. The van der Waals surface area contributed by atoms with Gasteiger partial charge in [-0.3, -0.25) is 9.52 Å². The Morgan fingerprint density at radius 1 is 1.00 bits per heavy atom. The maximum atomic E-state index is 12.3. The van der Waals surface area contributed by atoms with Crippen LogP contribution in [0.5, 0.6) is 0 Å². The molecule has 116 valence electrons. The lowest BCUT2D eigenvalue weighted by molar-refractivity contribution is 0.112. The van der Waals surface area contributed by atoms with Crippen molar-refractivity contribution in [1.82, 2.24) is 0 Å². The summed E-state index contributed by atoms with van der Waals surface area (Å²) in [5.41, 5.74) is 2.07. The van der Waals surface area contributed by atoms with E-state index in [4.69, 9.17) is 0 Å². The zero-order valence-electron chi connectivity index (χ0n) is 12.5. The predicted molar refractivity (Wildman–Crippen MR) is 87.7 cm³/mol. The molecule has 5 heteroatoms. The number of aldehydes is 1. The summed E-state index contributed by atoms with van der Waals surface area (Å²) in [6, 6.07) is 13.2. The molecule has 22 heavy (non-hydrogen) atoms. The van der Waals surface area contributed by atoms with Crippen LogP contribution in [0.1, 0.15) is 35.7 Å². The molecule has 0 aromatic heterocycles. The minimum atomic E-state index is -3.61. The fourth-order valence-electron chi connectivity index (χ4n) is 2.06. The van der Waals surface area contributed by atoms with E-state index in [0.29, 0.717) is 17.5 Å². The molecule has 0 fully saturated rings. The van der Waals surface area contributed by atoms with E-state index in [2.05, 4.69) is 11.6 Å². The van der Waals surface area contributed by atoms with E-state index in [0.717, 1.165) is 24.8 Å². The van der Waals surface area contributed by atoms with Gasteiger partial charge in [-0.1, -0.05) is 25.5 Å². The largest absolute Gasteiger partial charge is 0.298 e. The average molecular weight is 317 g/mol. The number of nitrogens with one attached hydrogen (secondary N) is 1. The number of anilines is 1. The van der Waals surface area contributed by atoms with Crippen molar-refractivity contribution in [1.29, 1.82) is 0 Å². The van der Waals surface area contributed by atoms with Crippen LogP contribution in [0, 0.1) is 0 Å². The maximum absolute atomic E-state index is 12.3. The molecule has 0 aliphatic carbocycles. The Hall–Kier alpha value is -2.14. The van der Waals surface area contributed by atoms with Gasteiger partial charge in [0.25, 0.3) is 10.0 Å². The monoisotopic (exact) mass is 317 g/mol. The van der Waals surface area contributed by atoms with Gasteiger partial charge in [0.1, 0.15) is 6.29 Å². The standard InChI is InChI=1S/C17H19NO3S/c1-2-3-4-14-7-11-17(12-8-14)22(20,21)18-16-9-5-15(13-19)6-10-16/h5-13,18H,2-4H2,1H3. The van der Waals surface area contributed by atoms with Crippen molar-refractivity contribution in [2.45, 2.75) is 31.1 Å². The Labute approximate surface area is 131 Å². The van der Waals surface area contributed by atoms with Crippen LogP contribution in [-0.4, -0.2) is 14.7 Å². The second-order valence-corrected chi connectivity index (χ2v) is 6.78. The van der Waals surface area contributed by atoms with Gasteiger partial charge in [0.15, 0.2) is 0 Å². The molecule has 0 saturated carbocycles. The quantitative estimate of drug-likeness (QED) is 0.793. The number of aryl methyl sites for hydroxylation is 1. The van der Waals surface area contributed by atoms with Crippen LogP contribution in [0.15, 0.2) is 53.4 Å². The van der Waals surface area contributed by atoms with E-state index in [1.54, 1.807) is 36.4 Å². The molecule has 0 bridgehead atoms. The van der Waals surface area contributed by atoms with Crippen molar-refractivity contribution in [2.24, 2.45) is 0 Å². The third-order valence-electron chi connectivity index (χ3n) is 3.35. The first-order valence-corrected chi connectivity index (χ1v) is 8.70. The van der Waals surface area contributed by atoms with E-state index in [1.807, 2.05) is 12.1 Å². The Kier molecular flexibility index (Phi) is 5.33. The molecule has 0 unspecified atom stereocenters. The van der Waals surface area contributed by atoms with E-state index in [1.165, 1.54) is 0 Å². The molecule has 0 saturated heterocycles. The van der Waals surface area contributed by atoms with Gasteiger partial charge in [-0.15, -0.1) is 0 Å². The summed E-state index contributed by atoms with van der Waals surface area (Å²) in [7, 11) is -3.61. The third-order valence-corrected chi connectivity index (χ3v) is 4.75. The molecule has 0 aliphatic rings. The summed E-state index contributed by atoms with van der Waals surface area (Å²) >= 11 is 0. The van der Waals surface area contributed by atoms with Crippen LogP contribution in [0.4, 0.5) is 5.69 Å². The van der Waals surface area contributed by atoms with Gasteiger partial charge >= 0.3 is 0 Å². The van der Waals surface area contributed by atoms with E-state index < -0.39 is 10.0 Å². The number of carbonyl (C=O) groups is 1. The second-order valence-electron chi connectivity index (χ2n) is 5.09. The van der Waals surface area contributed by atoms with Gasteiger partial charge < -0.3 is 0 Å². The van der Waals surface area contributed by atoms with Crippen molar-refractivity contribution in [3.8, 4) is 0 Å². The topological polar surface area (TPSA) is 63.2 Å². The van der Waals surface area contributed by atoms with Crippen molar-refractivity contribution < 1.29 is 13.2 Å². The summed E-state index contributed by atoms with van der Waals surface area (Å²) in [6.07, 6.45) is 3.87. The molecule has 4 nitrogen and oxygen atoms in total. The van der Waals surface area contributed by atoms with Crippen molar-refractivity contribution in [3.05, 3.63) is 59.7 Å². The van der Waals surface area contributed by atoms with E-state index in [-0.39, 0.29) is 4.90 Å². The molecule has 0 amide bonds. The summed E-state index contributed by atoms with van der Waals surface area (Å²) < 4.78 is 27.1. The molecule has 2 aromatic rings. The van der Waals surface area contributed by atoms with E-state index in [9.17, 15) is 13.2 Å². The van der Waals surface area contributed by atoms with Crippen LogP contribution in [0.25, 0.3) is 0 Å². The highest BCUT2D eigenvalue weighted by Crippen LogP contribution is 2.17. The number of carbonyl (C=O) groups excluding carboxylic acids is 1. The SMILES string of the molecule is CCCCc1ccc(S(=O)(=O)Nc2ccc(C=O)cc2)cc1. The zero-order valence-corrected chi connectivity index (χ0v) is 13.3. The van der Waals surface area contributed by atoms with E-state index >= 15 is 0 Å². The normalized spacial score (nSPS) is 11.1. The molecule has 0 radical (unpaired) electrons. The smallest absolute Gasteiger partial charge is 0.261 e. The van der Waals surface area contributed by atoms with Crippen LogP contribution in [-0.2, 0) is 16.4 Å². The molecular formula is C17H19NO3S. The fourth-order valence-corrected chi connectivity index (χ4v) is 3.12. The lowest BCUT2D eigenvalue weighted by Crippen LogP contribution is -2.12. The minimum Gasteiger partial charge on any atom is -0.298 e. The van der Waals surface area contributed by atoms with Crippen LogP contribution in [0.2, 0.25) is 0 Å². The minimum absolute atomic E-state index is 0.229. The van der Waals surface area contributed by atoms with Crippen LogP contribution < -0.4 is 4.72 Å². The van der Waals surface area contributed by atoms with Crippen molar-refractivity contribution in [3.63, 3.8) is 0 Å². The van der Waals surface area contributed by atoms with Gasteiger partial charge in [-0.2, -0.15) is 0 Å². The lowest BCUT2D eigenvalue weighted by atomic mass is 10.1. The van der Waals surface area contributed by atoms with Gasteiger partial charge in [0.05, 0.1) is 4.90 Å². The molecule has 2 rings (SSSR count). The van der Waals surface area contributed by atoms with Crippen molar-refractivity contribution in [2.75, 3.05) is 4.72 Å². The summed E-state index contributed by atoms with van der Waals surface area (Å²) in [6.45, 7) is 2.12. The Morgan fingerprint density at radius 3 is 2.18 bits per heavy atom. The molecule has 0 heterocycles. The lowest BCUT2D eigenvalue weighted by Gasteiger charge is -2.09. The highest BCUT2D eigenvalue weighted by molar-refractivity contribution is 7.92. The van der Waals surface area contributed by atoms with Crippen LogP contribution >= 0.6 is 0 Å². The van der Waals surface area contributed by atoms with Gasteiger partial charge in [-0.05, 0) is 54.8 Å². The predicted octanol–water partition coefficient (Wildman–Crippen LogP) is 3.64. The van der Waals surface area contributed by atoms with Crippen molar-refractivity contribution >= 4 is 22.0 Å². The number of rotatable bonds is 7. The number of unbranched alkanes of at least 4 members (excludes halogenated alkanes) is 1. The first-order valence-electron chi connectivity index (χ1n) is 7.22. The molecular weight excluding hydrogens is 298 g/mol. The number of hydrogen-bond acceptors (Lipinski definition) is 3. The Balaban J connectivity index is 2.13. The average Bonchev–Trinajstić information content (AvgIpc) is 2.53. The molecule has 1 N–H and O–H groups in total. The number of benzene rings is 2. The first-order chi connectivity index (χ1) is 10.5. The second kappa shape index (κ2) is 7.22. The number of hydrogen-bond donors (Lipinski definition) is 1. The fraction of sp³-hybridized carbons (Fsp3) is 0.235. The van der Waals surface area contributed by atoms with Gasteiger partial charge in [-0.25, -0.2) is 8.42 Å². The molecule has 0 aliphatic heterocycles. The Morgan fingerprint density at radius 2 is 1.64 bits per heavy atom. The summed E-state index contributed by atoms with van der Waals surface area (Å²) in [4.78, 5) is 10.8. The molecule has 0 spiro atoms. The first kappa shape index (κ1) is 16.2. The van der Waals surface area contributed by atoms with Gasteiger partial charge in [0.2, 0.25) is 0 Å². The highest BCUT2D eigenvalue weighted by atomic mass is 32.2. The third kappa shape index (κ3) is 4.18. The summed E-state index contributed by atoms with van der Waals surface area (Å²) in [5, 5.41) is 0. The summed E-state index contributed by atoms with van der Waals surface area (Å²) in [5.74, 6) is 0. The molecule has 2 aromatic carbocycles. The zero-order chi connectivity index (χ0) is 16.0.